The topological polar surface area (TPSA) is 40.1 Å². The Balaban J connectivity index is 1.79. The van der Waals surface area contributed by atoms with E-state index in [1.54, 1.807) is 7.11 Å². The normalized spacial score (nSPS) is 21.1. The number of ether oxygens (including phenoxy) is 1. The van der Waals surface area contributed by atoms with Crippen molar-refractivity contribution < 1.29 is 4.74 Å². The lowest BCUT2D eigenvalue weighted by atomic mass is 9.68. The van der Waals surface area contributed by atoms with Gasteiger partial charge in [0, 0.05) is 39.8 Å². The number of rotatable bonds is 7. The number of nitrogens with zero attached hydrogens (tertiary/aromatic N) is 3. The molecule has 21 heavy (non-hydrogen) atoms. The monoisotopic (exact) mass is 296 g/mol. The highest BCUT2D eigenvalue weighted by Gasteiger charge is 2.43. The van der Waals surface area contributed by atoms with E-state index in [0.29, 0.717) is 5.41 Å². The van der Waals surface area contributed by atoms with E-state index in [4.69, 9.17) is 9.73 Å². The van der Waals surface area contributed by atoms with Crippen molar-refractivity contribution in [2.45, 2.75) is 32.6 Å². The van der Waals surface area contributed by atoms with Crippen molar-refractivity contribution in [3.63, 3.8) is 0 Å². The van der Waals surface area contributed by atoms with Gasteiger partial charge in [0.05, 0.1) is 13.2 Å². The molecule has 1 saturated heterocycles. The maximum absolute atomic E-state index is 5.10. The van der Waals surface area contributed by atoms with Gasteiger partial charge in [0.25, 0.3) is 0 Å². The molecule has 122 valence electrons. The molecule has 0 aromatic heterocycles. The standard InChI is InChI=1S/C16H32N4O/c1-4-17-15(18-9-11-19(2)12-13-21-3)20-10-8-16(14-20)6-5-7-16/h4-14H2,1-3H3,(H,17,18). The number of hydrogen-bond acceptors (Lipinski definition) is 3. The third-order valence-electron chi connectivity index (χ3n) is 4.91. The van der Waals surface area contributed by atoms with Gasteiger partial charge >= 0.3 is 0 Å². The van der Waals surface area contributed by atoms with Crippen LogP contribution in [0.3, 0.4) is 0 Å². The van der Waals surface area contributed by atoms with Gasteiger partial charge in [-0.2, -0.15) is 0 Å². The minimum atomic E-state index is 0.630. The zero-order chi connectivity index (χ0) is 15.1. The summed E-state index contributed by atoms with van der Waals surface area (Å²) in [6, 6.07) is 0. The van der Waals surface area contributed by atoms with Crippen LogP contribution in [0.1, 0.15) is 32.6 Å². The van der Waals surface area contributed by atoms with Crippen molar-refractivity contribution in [2.75, 3.05) is 60.0 Å². The first-order valence-corrected chi connectivity index (χ1v) is 8.40. The molecule has 0 aromatic rings. The first kappa shape index (κ1) is 16.6. The van der Waals surface area contributed by atoms with Gasteiger partial charge in [-0.05, 0) is 38.6 Å². The maximum atomic E-state index is 5.10. The first-order valence-electron chi connectivity index (χ1n) is 8.40. The number of hydrogen-bond donors (Lipinski definition) is 1. The number of aliphatic imine (C=N–C) groups is 1. The average Bonchev–Trinajstić information content (AvgIpc) is 2.89. The molecule has 1 aliphatic heterocycles. The summed E-state index contributed by atoms with van der Waals surface area (Å²) in [4.78, 5) is 9.56. The molecule has 2 fully saturated rings. The molecule has 0 aromatic carbocycles. The number of nitrogens with one attached hydrogen (secondary N) is 1. The van der Waals surface area contributed by atoms with Crippen LogP contribution < -0.4 is 5.32 Å². The van der Waals surface area contributed by atoms with Crippen LogP contribution in [0.15, 0.2) is 4.99 Å². The molecular weight excluding hydrogens is 264 g/mol. The van der Waals surface area contributed by atoms with Crippen molar-refractivity contribution in [3.8, 4) is 0 Å². The van der Waals surface area contributed by atoms with Gasteiger partial charge in [-0.3, -0.25) is 4.99 Å². The zero-order valence-electron chi connectivity index (χ0n) is 14.0. The van der Waals surface area contributed by atoms with E-state index in [1.807, 2.05) is 0 Å². The summed E-state index contributed by atoms with van der Waals surface area (Å²) in [6.45, 7) is 9.06. The van der Waals surface area contributed by atoms with Crippen LogP contribution in [-0.2, 0) is 4.74 Å². The summed E-state index contributed by atoms with van der Waals surface area (Å²) < 4.78 is 5.10. The summed E-state index contributed by atoms with van der Waals surface area (Å²) in [6.07, 6.45) is 5.61. The van der Waals surface area contributed by atoms with E-state index in [2.05, 4.69) is 29.1 Å². The number of likely N-dealkylation sites (tertiary alicyclic amines) is 1. The largest absolute Gasteiger partial charge is 0.383 e. The number of likely N-dealkylation sites (N-methyl/N-ethyl adjacent to an activating group) is 1. The molecule has 5 heteroatoms. The van der Waals surface area contributed by atoms with Gasteiger partial charge in [0.1, 0.15) is 0 Å². The van der Waals surface area contributed by atoms with Gasteiger partial charge in [0.15, 0.2) is 5.96 Å². The Kier molecular flexibility index (Phi) is 6.30. The fourth-order valence-electron chi connectivity index (χ4n) is 3.31. The quantitative estimate of drug-likeness (QED) is 0.569. The number of methoxy groups -OCH3 is 1. The summed E-state index contributed by atoms with van der Waals surface area (Å²) in [7, 11) is 3.87. The van der Waals surface area contributed by atoms with Gasteiger partial charge in [-0.1, -0.05) is 6.42 Å². The average molecular weight is 296 g/mol. The van der Waals surface area contributed by atoms with E-state index in [-0.39, 0.29) is 0 Å². The molecule has 2 rings (SSSR count). The minimum absolute atomic E-state index is 0.630. The van der Waals surface area contributed by atoms with Crippen LogP contribution >= 0.6 is 0 Å². The van der Waals surface area contributed by atoms with Crippen LogP contribution in [0.2, 0.25) is 0 Å². The Hall–Kier alpha value is -0.810. The molecule has 1 N–H and O–H groups in total. The summed E-state index contributed by atoms with van der Waals surface area (Å²) in [5, 5.41) is 3.46. The molecule has 0 bridgehead atoms. The Bertz CT molecular complexity index is 341. The van der Waals surface area contributed by atoms with Crippen molar-refractivity contribution in [2.24, 2.45) is 10.4 Å². The van der Waals surface area contributed by atoms with Crippen molar-refractivity contribution in [1.29, 1.82) is 0 Å². The van der Waals surface area contributed by atoms with Crippen LogP contribution in [0.5, 0.6) is 0 Å². The third kappa shape index (κ3) is 4.58. The molecule has 2 aliphatic rings. The second kappa shape index (κ2) is 7.99. The Labute approximate surface area is 129 Å². The fourth-order valence-corrected chi connectivity index (χ4v) is 3.31. The van der Waals surface area contributed by atoms with Crippen LogP contribution in [-0.4, -0.2) is 75.8 Å². The minimum Gasteiger partial charge on any atom is -0.383 e. The number of guanidine groups is 1. The summed E-state index contributed by atoms with van der Waals surface area (Å²) >= 11 is 0. The van der Waals surface area contributed by atoms with Gasteiger partial charge in [-0.15, -0.1) is 0 Å². The molecular formula is C16H32N4O. The summed E-state index contributed by atoms with van der Waals surface area (Å²) in [5.41, 5.74) is 0.630. The lowest BCUT2D eigenvalue weighted by Gasteiger charge is -2.38. The molecule has 0 amide bonds. The van der Waals surface area contributed by atoms with Crippen LogP contribution in [0.4, 0.5) is 0 Å². The molecule has 1 spiro atoms. The van der Waals surface area contributed by atoms with Crippen molar-refractivity contribution in [1.82, 2.24) is 15.1 Å². The highest BCUT2D eigenvalue weighted by atomic mass is 16.5. The zero-order valence-corrected chi connectivity index (χ0v) is 14.0. The van der Waals surface area contributed by atoms with Crippen molar-refractivity contribution in [3.05, 3.63) is 0 Å². The van der Waals surface area contributed by atoms with Crippen LogP contribution in [0.25, 0.3) is 0 Å². The fraction of sp³-hybridized carbons (Fsp3) is 0.938. The molecule has 0 atom stereocenters. The van der Waals surface area contributed by atoms with Crippen molar-refractivity contribution >= 4 is 5.96 Å². The van der Waals surface area contributed by atoms with Gasteiger partial charge < -0.3 is 19.9 Å². The molecule has 1 heterocycles. The SMILES string of the molecule is CCNC(=NCCN(C)CCOC)N1CCC2(CCC2)C1. The third-order valence-corrected chi connectivity index (χ3v) is 4.91. The summed E-state index contributed by atoms with van der Waals surface area (Å²) in [5.74, 6) is 1.11. The maximum Gasteiger partial charge on any atom is 0.193 e. The second-order valence-electron chi connectivity index (χ2n) is 6.56. The predicted molar refractivity (Wildman–Crippen MR) is 87.8 cm³/mol. The molecule has 0 radical (unpaired) electrons. The van der Waals surface area contributed by atoms with E-state index >= 15 is 0 Å². The molecule has 5 nitrogen and oxygen atoms in total. The molecule has 0 unspecified atom stereocenters. The van der Waals surface area contributed by atoms with E-state index in [0.717, 1.165) is 38.7 Å². The lowest BCUT2D eigenvalue weighted by molar-refractivity contribution is 0.151. The smallest absolute Gasteiger partial charge is 0.193 e. The predicted octanol–water partition coefficient (Wildman–Crippen LogP) is 1.41. The van der Waals surface area contributed by atoms with Gasteiger partial charge in [-0.25, -0.2) is 0 Å². The highest BCUT2D eigenvalue weighted by Crippen LogP contribution is 2.47. The molecule has 1 saturated carbocycles. The second-order valence-corrected chi connectivity index (χ2v) is 6.56. The van der Waals surface area contributed by atoms with Gasteiger partial charge in [0.2, 0.25) is 0 Å². The van der Waals surface area contributed by atoms with E-state index < -0.39 is 0 Å². The van der Waals surface area contributed by atoms with E-state index in [1.165, 1.54) is 38.8 Å². The lowest BCUT2D eigenvalue weighted by Crippen LogP contribution is -2.43. The Morgan fingerprint density at radius 2 is 2.14 bits per heavy atom. The molecule has 1 aliphatic carbocycles. The first-order chi connectivity index (χ1) is 10.2. The van der Waals surface area contributed by atoms with E-state index in [9.17, 15) is 0 Å². The Morgan fingerprint density at radius 3 is 2.71 bits per heavy atom. The Morgan fingerprint density at radius 1 is 1.33 bits per heavy atom. The highest BCUT2D eigenvalue weighted by molar-refractivity contribution is 5.80. The van der Waals surface area contributed by atoms with Crippen LogP contribution in [0, 0.1) is 5.41 Å².